The first kappa shape index (κ1) is 27.9. The quantitative estimate of drug-likeness (QED) is 0.341. The molecule has 2 aromatic carbocycles. The number of aromatic nitrogens is 3. The zero-order chi connectivity index (χ0) is 29.1. The number of likely N-dealkylation sites (tertiary alicyclic amines) is 1. The molecule has 214 valence electrons. The maximum Gasteiger partial charge on any atom is 0.410 e. The van der Waals surface area contributed by atoms with Crippen molar-refractivity contribution in [1.82, 2.24) is 24.6 Å². The second kappa shape index (κ2) is 11.5. The summed E-state index contributed by atoms with van der Waals surface area (Å²) in [4.78, 5) is 36.7. The number of imidazole rings is 1. The topological polar surface area (TPSA) is 124 Å². The van der Waals surface area contributed by atoms with Gasteiger partial charge in [0.25, 0.3) is 5.91 Å². The number of hydrogen-bond donors (Lipinski definition) is 2. The van der Waals surface area contributed by atoms with Gasteiger partial charge in [-0.15, -0.1) is 0 Å². The molecule has 3 heterocycles. The number of rotatable bonds is 6. The summed E-state index contributed by atoms with van der Waals surface area (Å²) < 4.78 is 12.7. The first-order valence-corrected chi connectivity index (χ1v) is 13.7. The van der Waals surface area contributed by atoms with Crippen molar-refractivity contribution in [3.8, 4) is 17.0 Å². The zero-order valence-corrected chi connectivity index (χ0v) is 23.9. The fourth-order valence-corrected chi connectivity index (χ4v) is 4.98. The fourth-order valence-electron chi connectivity index (χ4n) is 4.98. The van der Waals surface area contributed by atoms with Gasteiger partial charge in [0.05, 0.1) is 24.7 Å². The number of amides is 2. The van der Waals surface area contributed by atoms with Crippen molar-refractivity contribution < 1.29 is 19.1 Å². The third kappa shape index (κ3) is 6.42. The van der Waals surface area contributed by atoms with Crippen LogP contribution in [0.2, 0.25) is 0 Å². The summed E-state index contributed by atoms with van der Waals surface area (Å²) in [6, 6.07) is 15.0. The Morgan fingerprint density at radius 2 is 1.93 bits per heavy atom. The number of methoxy groups -OCH3 is 1. The lowest BCUT2D eigenvalue weighted by Gasteiger charge is -2.33. The molecule has 0 bridgehead atoms. The van der Waals surface area contributed by atoms with Gasteiger partial charge in [0.15, 0.2) is 11.5 Å². The highest BCUT2D eigenvalue weighted by Gasteiger charge is 2.30. The number of nitrogens with two attached hydrogens (primary N) is 1. The summed E-state index contributed by atoms with van der Waals surface area (Å²) in [5.74, 6) is 0.937. The predicted octanol–water partition coefficient (Wildman–Crippen LogP) is 5.03. The average Bonchev–Trinajstić information content (AvgIpc) is 3.42. The molecule has 1 fully saturated rings. The molecule has 1 aliphatic rings. The van der Waals surface area contributed by atoms with Crippen LogP contribution in [0.25, 0.3) is 16.9 Å². The van der Waals surface area contributed by atoms with Gasteiger partial charge in [-0.1, -0.05) is 24.3 Å². The van der Waals surface area contributed by atoms with E-state index in [0.717, 1.165) is 41.1 Å². The van der Waals surface area contributed by atoms with Gasteiger partial charge in [0.2, 0.25) is 0 Å². The number of nitrogens with zero attached hydrogens (tertiary/aromatic N) is 4. The van der Waals surface area contributed by atoms with Crippen LogP contribution in [0.15, 0.2) is 60.9 Å². The van der Waals surface area contributed by atoms with E-state index in [1.165, 1.54) is 0 Å². The number of ether oxygens (including phenoxy) is 2. The smallest absolute Gasteiger partial charge is 0.410 e. The van der Waals surface area contributed by atoms with E-state index >= 15 is 0 Å². The number of piperidine rings is 1. The molecule has 2 amide bonds. The number of fused-ring (bicyclic) bond motifs is 1. The number of anilines is 1. The van der Waals surface area contributed by atoms with Gasteiger partial charge in [-0.2, -0.15) is 0 Å². The Balaban J connectivity index is 1.36. The Hall–Kier alpha value is -4.60. The van der Waals surface area contributed by atoms with E-state index in [4.69, 9.17) is 20.2 Å². The standard InChI is InChI=1S/C31H36N6O4/c1-31(2,3)41-30(39)36-14-6-9-23(18-36)25-19-37-26(17-33-27(32)28(37)35-25)21-7-5-8-22(15-21)29(38)34-16-20-10-12-24(40-4)13-11-20/h5,7-8,10-13,15,17,19,23H,6,9,14,16,18H2,1-4H3,(H2,32,33)(H,34,38). The molecule has 5 rings (SSSR count). The molecule has 1 saturated heterocycles. The van der Waals surface area contributed by atoms with Crippen molar-refractivity contribution in [3.05, 3.63) is 77.7 Å². The van der Waals surface area contributed by atoms with Gasteiger partial charge in [-0.3, -0.25) is 9.20 Å². The Morgan fingerprint density at radius 3 is 2.66 bits per heavy atom. The summed E-state index contributed by atoms with van der Waals surface area (Å²) in [6.45, 7) is 7.17. The van der Waals surface area contributed by atoms with Gasteiger partial charge < -0.3 is 25.4 Å². The summed E-state index contributed by atoms with van der Waals surface area (Å²) in [5.41, 5.74) is 10.1. The molecule has 0 spiro atoms. The van der Waals surface area contributed by atoms with Gasteiger partial charge in [-0.05, 0) is 63.4 Å². The molecule has 0 aliphatic carbocycles. The van der Waals surface area contributed by atoms with Crippen LogP contribution in [0, 0.1) is 0 Å². The van der Waals surface area contributed by atoms with Gasteiger partial charge in [-0.25, -0.2) is 14.8 Å². The van der Waals surface area contributed by atoms with Crippen LogP contribution < -0.4 is 15.8 Å². The maximum atomic E-state index is 13.0. The molecule has 4 aromatic rings. The molecule has 1 aliphatic heterocycles. The van der Waals surface area contributed by atoms with Crippen LogP contribution >= 0.6 is 0 Å². The lowest BCUT2D eigenvalue weighted by molar-refractivity contribution is 0.0197. The first-order valence-electron chi connectivity index (χ1n) is 13.7. The third-order valence-electron chi connectivity index (χ3n) is 7.06. The Morgan fingerprint density at radius 1 is 1.15 bits per heavy atom. The van der Waals surface area contributed by atoms with Crippen LogP contribution in [0.4, 0.5) is 10.6 Å². The van der Waals surface area contributed by atoms with Crippen molar-refractivity contribution >= 4 is 23.5 Å². The highest BCUT2D eigenvalue weighted by Crippen LogP contribution is 2.31. The number of carbonyl (C=O) groups is 2. The third-order valence-corrected chi connectivity index (χ3v) is 7.06. The molecule has 1 atom stereocenters. The number of benzene rings is 2. The van der Waals surface area contributed by atoms with Gasteiger partial charge >= 0.3 is 6.09 Å². The molecular weight excluding hydrogens is 520 g/mol. The summed E-state index contributed by atoms with van der Waals surface area (Å²) in [6.07, 6.45) is 5.09. The molecule has 0 saturated carbocycles. The molecule has 10 nitrogen and oxygen atoms in total. The van der Waals surface area contributed by atoms with E-state index in [2.05, 4.69) is 10.3 Å². The number of carbonyl (C=O) groups excluding carboxylic acids is 2. The van der Waals surface area contributed by atoms with Crippen molar-refractivity contribution in [2.45, 2.75) is 51.7 Å². The molecule has 0 radical (unpaired) electrons. The minimum Gasteiger partial charge on any atom is -0.497 e. The molecule has 10 heteroatoms. The van der Waals surface area contributed by atoms with Crippen LogP contribution in [-0.4, -0.2) is 57.1 Å². The van der Waals surface area contributed by atoms with Crippen molar-refractivity contribution in [2.75, 3.05) is 25.9 Å². The SMILES string of the molecule is COc1ccc(CNC(=O)c2cccc(-c3cnc(N)c4nc(C5CCCN(C(=O)OC(C)(C)C)C5)cn34)c2)cc1. The summed E-state index contributed by atoms with van der Waals surface area (Å²) in [5, 5.41) is 2.98. The minimum atomic E-state index is -0.552. The first-order chi connectivity index (χ1) is 19.6. The van der Waals surface area contributed by atoms with E-state index < -0.39 is 5.60 Å². The lowest BCUT2D eigenvalue weighted by atomic mass is 9.95. The molecular formula is C31H36N6O4. The van der Waals surface area contributed by atoms with Crippen molar-refractivity contribution in [2.24, 2.45) is 0 Å². The highest BCUT2D eigenvalue weighted by atomic mass is 16.6. The summed E-state index contributed by atoms with van der Waals surface area (Å²) >= 11 is 0. The summed E-state index contributed by atoms with van der Waals surface area (Å²) in [7, 11) is 1.62. The fraction of sp³-hybridized carbons (Fsp3) is 0.355. The average molecular weight is 557 g/mol. The molecule has 2 aromatic heterocycles. The van der Waals surface area contributed by atoms with Crippen LogP contribution in [0.3, 0.4) is 0 Å². The number of nitrogen functional groups attached to an aromatic ring is 1. The molecule has 3 N–H and O–H groups in total. The normalized spacial score (nSPS) is 15.5. The molecule has 41 heavy (non-hydrogen) atoms. The Bertz CT molecular complexity index is 1560. The molecule has 1 unspecified atom stereocenters. The van der Waals surface area contributed by atoms with Crippen molar-refractivity contribution in [1.29, 1.82) is 0 Å². The lowest BCUT2D eigenvalue weighted by Crippen LogP contribution is -2.42. The van der Waals surface area contributed by atoms with Crippen LogP contribution in [0.5, 0.6) is 5.75 Å². The van der Waals surface area contributed by atoms with Crippen LogP contribution in [-0.2, 0) is 11.3 Å². The van der Waals surface area contributed by atoms with E-state index in [-0.39, 0.29) is 17.9 Å². The van der Waals surface area contributed by atoms with Crippen LogP contribution in [0.1, 0.15) is 61.1 Å². The highest BCUT2D eigenvalue weighted by molar-refractivity contribution is 5.95. The van der Waals surface area contributed by atoms with Gasteiger partial charge in [0, 0.05) is 42.9 Å². The maximum absolute atomic E-state index is 13.0. The second-order valence-corrected chi connectivity index (χ2v) is 11.3. The van der Waals surface area contributed by atoms with Crippen molar-refractivity contribution in [3.63, 3.8) is 0 Å². The zero-order valence-electron chi connectivity index (χ0n) is 23.9. The second-order valence-electron chi connectivity index (χ2n) is 11.3. The van der Waals surface area contributed by atoms with E-state index in [9.17, 15) is 9.59 Å². The Labute approximate surface area is 239 Å². The van der Waals surface area contributed by atoms with E-state index in [0.29, 0.717) is 36.7 Å². The minimum absolute atomic E-state index is 0.0403. The largest absolute Gasteiger partial charge is 0.497 e. The number of hydrogen-bond acceptors (Lipinski definition) is 7. The van der Waals surface area contributed by atoms with Gasteiger partial charge in [0.1, 0.15) is 11.4 Å². The van der Waals surface area contributed by atoms with E-state index in [1.54, 1.807) is 24.3 Å². The monoisotopic (exact) mass is 556 g/mol. The predicted molar refractivity (Wildman–Crippen MR) is 157 cm³/mol. The van der Waals surface area contributed by atoms with E-state index in [1.807, 2.05) is 73.8 Å². The number of nitrogens with one attached hydrogen (secondary N) is 1. The Kier molecular flexibility index (Phi) is 7.83.